The van der Waals surface area contributed by atoms with E-state index in [0.717, 1.165) is 16.0 Å². The van der Waals surface area contributed by atoms with Crippen LogP contribution in [-0.4, -0.2) is 46.2 Å². The van der Waals surface area contributed by atoms with Crippen LogP contribution in [0.25, 0.3) is 0 Å². The average Bonchev–Trinajstić information content (AvgIpc) is 3.06. The molecule has 0 aromatic heterocycles. The Bertz CT molecular complexity index is 1240. The van der Waals surface area contributed by atoms with E-state index < -0.39 is 32.2 Å². The minimum absolute atomic E-state index is 0.188. The predicted molar refractivity (Wildman–Crippen MR) is 131 cm³/mol. The van der Waals surface area contributed by atoms with E-state index in [0.29, 0.717) is 35.1 Å². The molecule has 0 unspecified atom stereocenters. The number of hydrogen-bond acceptors (Lipinski definition) is 7. The summed E-state index contributed by atoms with van der Waals surface area (Å²) in [6.07, 6.45) is 0.257. The Balaban J connectivity index is 1.52. The van der Waals surface area contributed by atoms with Crippen molar-refractivity contribution < 1.29 is 34.4 Å². The first-order valence-corrected chi connectivity index (χ1v) is 11.8. The molecular weight excluding hydrogens is 448 g/mol. The van der Waals surface area contributed by atoms with Crippen LogP contribution in [0.15, 0.2) is 47.4 Å². The fraction of sp³-hybridized carbons (Fsp3) is 0.360. The van der Waals surface area contributed by atoms with Crippen molar-refractivity contribution in [3.63, 3.8) is 0 Å². The summed E-state index contributed by atoms with van der Waals surface area (Å²) >= 11 is 0. The lowest BCUT2D eigenvalue weighted by atomic mass is 9.55. The molecule has 0 radical (unpaired) electrons. The summed E-state index contributed by atoms with van der Waals surface area (Å²) in [7, 11) is -2.91. The topological polar surface area (TPSA) is 128 Å². The summed E-state index contributed by atoms with van der Waals surface area (Å²) in [6, 6.07) is 9.76. The smallest absolute Gasteiger partial charge is 0.488 e. The molecule has 4 N–H and O–H groups in total. The molecule has 180 valence electrons. The highest BCUT2D eigenvalue weighted by molar-refractivity contribution is 6.58. The van der Waals surface area contributed by atoms with Gasteiger partial charge in [0.25, 0.3) is 0 Å². The molecule has 10 heteroatoms. The number of aromatic hydroxyl groups is 1. The first-order valence-electron chi connectivity index (χ1n) is 11.8. The third kappa shape index (κ3) is 3.81. The molecular formula is C25H27B2NO7. The van der Waals surface area contributed by atoms with Crippen molar-refractivity contribution in [1.29, 1.82) is 0 Å². The number of phenols is 1. The van der Waals surface area contributed by atoms with Crippen molar-refractivity contribution in [2.75, 3.05) is 4.90 Å². The molecule has 8 nitrogen and oxygen atoms in total. The number of benzene rings is 2. The molecule has 3 aliphatic rings. The summed E-state index contributed by atoms with van der Waals surface area (Å²) < 4.78 is 5.98. The van der Waals surface area contributed by atoms with E-state index >= 15 is 0 Å². The second-order valence-electron chi connectivity index (χ2n) is 9.88. The van der Waals surface area contributed by atoms with Gasteiger partial charge < -0.3 is 24.8 Å². The Morgan fingerprint density at radius 3 is 2.37 bits per heavy atom. The Kier molecular flexibility index (Phi) is 5.88. The average molecular weight is 475 g/mol. The van der Waals surface area contributed by atoms with Gasteiger partial charge in [-0.05, 0) is 91.4 Å². The molecule has 5 rings (SSSR count). The number of carbonyl (C=O) groups is 2. The Morgan fingerprint density at radius 2 is 1.71 bits per heavy atom. The van der Waals surface area contributed by atoms with Crippen LogP contribution in [0.2, 0.25) is 0 Å². The number of fused-ring (bicyclic) bond motifs is 3. The molecule has 0 spiro atoms. The van der Waals surface area contributed by atoms with Gasteiger partial charge in [0.2, 0.25) is 11.8 Å². The Labute approximate surface area is 204 Å². The van der Waals surface area contributed by atoms with E-state index in [1.54, 1.807) is 26.0 Å². The van der Waals surface area contributed by atoms with Gasteiger partial charge in [0.05, 0.1) is 23.6 Å². The third-order valence-electron chi connectivity index (χ3n) is 7.67. The standard InChI is InChI=1S/C25H27B2NO7/c1-12-9-19-21(25(31)28(24(19)30)17-6-4-5-16(10-17)26(32)33)18-11-20(35-27(34)22(12)18)15-7-13(2)23(29)14(3)8-15/h4-8,10,18-21,29,32-34H,9,11H2,1-3H3/t18-,19-,20-,21+/m0/s1. The second kappa shape index (κ2) is 8.64. The van der Waals surface area contributed by atoms with Crippen LogP contribution >= 0.6 is 0 Å². The monoisotopic (exact) mass is 475 g/mol. The summed E-state index contributed by atoms with van der Waals surface area (Å²) in [5.41, 5.74) is 4.19. The SMILES string of the molecule is CC1=C2B(O)O[C@H](c3cc(C)c(O)c(C)c3)C[C@H]2[C@H]2C(=O)N(c3cccc(B(O)O)c3)C(=O)[C@H]2C1. The zero-order valence-corrected chi connectivity index (χ0v) is 19.8. The van der Waals surface area contributed by atoms with Gasteiger partial charge in [-0.2, -0.15) is 0 Å². The largest absolute Gasteiger partial charge is 0.507 e. The highest BCUT2D eigenvalue weighted by atomic mass is 16.5. The molecule has 2 fully saturated rings. The van der Waals surface area contributed by atoms with Gasteiger partial charge >= 0.3 is 14.2 Å². The number of rotatable bonds is 3. The maximum atomic E-state index is 13.7. The predicted octanol–water partition coefficient (Wildman–Crippen LogP) is 1.31. The molecule has 1 aliphatic carbocycles. The minimum atomic E-state index is -1.72. The molecule has 2 aromatic rings. The highest BCUT2D eigenvalue weighted by Gasteiger charge is 2.57. The van der Waals surface area contributed by atoms with Crippen molar-refractivity contribution in [3.8, 4) is 5.75 Å². The van der Waals surface area contributed by atoms with E-state index in [-0.39, 0.29) is 28.9 Å². The van der Waals surface area contributed by atoms with E-state index in [1.165, 1.54) is 12.1 Å². The molecule has 2 heterocycles. The van der Waals surface area contributed by atoms with Gasteiger partial charge in [-0.15, -0.1) is 0 Å². The van der Waals surface area contributed by atoms with E-state index in [1.807, 2.05) is 19.1 Å². The number of allylic oxidation sites excluding steroid dienone is 2. The van der Waals surface area contributed by atoms with Gasteiger partial charge in [0.15, 0.2) is 0 Å². The Morgan fingerprint density at radius 1 is 1.03 bits per heavy atom. The maximum absolute atomic E-state index is 13.7. The number of phenolic OH excluding ortho intramolecular Hbond substituents is 1. The van der Waals surface area contributed by atoms with Crippen LogP contribution in [-0.2, 0) is 14.2 Å². The van der Waals surface area contributed by atoms with Gasteiger partial charge in [0.1, 0.15) is 5.75 Å². The zero-order chi connectivity index (χ0) is 25.2. The van der Waals surface area contributed by atoms with Crippen LogP contribution in [0.5, 0.6) is 5.75 Å². The number of hydrogen-bond donors (Lipinski definition) is 4. The quantitative estimate of drug-likeness (QED) is 0.390. The van der Waals surface area contributed by atoms with Crippen molar-refractivity contribution in [1.82, 2.24) is 0 Å². The minimum Gasteiger partial charge on any atom is -0.507 e. The first kappa shape index (κ1) is 23.8. The van der Waals surface area contributed by atoms with Crippen LogP contribution in [0.1, 0.15) is 42.6 Å². The normalized spacial score (nSPS) is 26.2. The fourth-order valence-corrected chi connectivity index (χ4v) is 6.03. The molecule has 0 bridgehead atoms. The third-order valence-corrected chi connectivity index (χ3v) is 7.67. The lowest BCUT2D eigenvalue weighted by Crippen LogP contribution is -2.44. The van der Waals surface area contributed by atoms with Gasteiger partial charge in [-0.3, -0.25) is 14.5 Å². The molecule has 0 saturated carbocycles. The summed E-state index contributed by atoms with van der Waals surface area (Å²) in [4.78, 5) is 28.3. The van der Waals surface area contributed by atoms with Crippen LogP contribution < -0.4 is 10.4 Å². The number of amides is 2. The van der Waals surface area contributed by atoms with Gasteiger partial charge in [-0.1, -0.05) is 17.7 Å². The van der Waals surface area contributed by atoms with E-state index in [4.69, 9.17) is 4.65 Å². The van der Waals surface area contributed by atoms with Crippen LogP contribution in [0, 0.1) is 31.6 Å². The van der Waals surface area contributed by atoms with Gasteiger partial charge in [0, 0.05) is 0 Å². The van der Waals surface area contributed by atoms with Gasteiger partial charge in [-0.25, -0.2) is 0 Å². The van der Waals surface area contributed by atoms with E-state index in [9.17, 15) is 29.8 Å². The molecule has 2 aliphatic heterocycles. The van der Waals surface area contributed by atoms with Crippen molar-refractivity contribution in [3.05, 3.63) is 64.1 Å². The lowest BCUT2D eigenvalue weighted by molar-refractivity contribution is -0.123. The maximum Gasteiger partial charge on any atom is 0.488 e. The Hall–Kier alpha value is -2.91. The molecule has 35 heavy (non-hydrogen) atoms. The summed E-state index contributed by atoms with van der Waals surface area (Å²) in [5.74, 6) is -2.06. The van der Waals surface area contributed by atoms with Crippen molar-refractivity contribution >= 4 is 37.2 Å². The second-order valence-corrected chi connectivity index (χ2v) is 9.88. The van der Waals surface area contributed by atoms with Crippen LogP contribution in [0.3, 0.4) is 0 Å². The number of anilines is 1. The molecule has 2 aromatic carbocycles. The molecule has 2 saturated heterocycles. The van der Waals surface area contributed by atoms with E-state index in [2.05, 4.69) is 0 Å². The zero-order valence-electron chi connectivity index (χ0n) is 19.8. The highest BCUT2D eigenvalue weighted by Crippen LogP contribution is 2.52. The fourth-order valence-electron chi connectivity index (χ4n) is 6.03. The van der Waals surface area contributed by atoms with Crippen molar-refractivity contribution in [2.45, 2.75) is 39.7 Å². The number of carbonyl (C=O) groups excluding carboxylic acids is 2. The first-order chi connectivity index (χ1) is 16.6. The number of nitrogens with zero attached hydrogens (tertiary/aromatic N) is 1. The number of imide groups is 1. The summed E-state index contributed by atoms with van der Waals surface area (Å²) in [6.45, 7) is 5.46. The number of aryl methyl sites for hydroxylation is 2. The molecule has 4 atom stereocenters. The van der Waals surface area contributed by atoms with Crippen LogP contribution in [0.4, 0.5) is 5.69 Å². The lowest BCUT2D eigenvalue weighted by Gasteiger charge is -2.41. The van der Waals surface area contributed by atoms with Crippen molar-refractivity contribution in [2.24, 2.45) is 17.8 Å². The summed E-state index contributed by atoms with van der Waals surface area (Å²) in [5, 5.41) is 40.2. The molecule has 2 amide bonds.